The fourth-order valence-corrected chi connectivity index (χ4v) is 5.81. The van der Waals surface area contributed by atoms with Gasteiger partial charge in [0.25, 0.3) is 0 Å². The van der Waals surface area contributed by atoms with Crippen LogP contribution in [-0.2, 0) is 9.47 Å². The molecule has 2 aliphatic rings. The molecule has 2 saturated heterocycles. The van der Waals surface area contributed by atoms with Crippen LogP contribution < -0.4 is 4.74 Å². The Hall–Kier alpha value is -0.870. The fourth-order valence-electron chi connectivity index (χ4n) is 4.02. The van der Waals surface area contributed by atoms with Gasteiger partial charge < -0.3 is 44.8 Å². The smallest absolute Gasteiger partial charge is 0.229 e. The number of benzene rings is 1. The van der Waals surface area contributed by atoms with Crippen molar-refractivity contribution in [3.63, 3.8) is 0 Å². The summed E-state index contributed by atoms with van der Waals surface area (Å²) in [6, 6.07) is 0. The van der Waals surface area contributed by atoms with Crippen molar-refractivity contribution in [3.05, 3.63) is 14.7 Å². The average molecular weight is 600 g/mol. The molecular formula is C21H29IO10S. The van der Waals surface area contributed by atoms with Gasteiger partial charge in [-0.25, -0.2) is 0 Å². The molecule has 9 unspecified atom stereocenters. The van der Waals surface area contributed by atoms with Crippen LogP contribution in [0.5, 0.6) is 17.2 Å². The highest BCUT2D eigenvalue weighted by atomic mass is 127. The molecule has 2 heterocycles. The maximum absolute atomic E-state index is 13.1. The maximum Gasteiger partial charge on any atom is 0.229 e. The van der Waals surface area contributed by atoms with Crippen molar-refractivity contribution in [3.8, 4) is 17.2 Å². The zero-order valence-corrected chi connectivity index (χ0v) is 21.5. The van der Waals surface area contributed by atoms with Crippen LogP contribution in [0.25, 0.3) is 0 Å². The number of halogens is 1. The Balaban J connectivity index is 1.87. The Kier molecular flexibility index (Phi) is 8.42. The molecule has 9 atom stereocenters. The third-order valence-electron chi connectivity index (χ3n) is 5.93. The van der Waals surface area contributed by atoms with Crippen molar-refractivity contribution in [1.82, 2.24) is 0 Å². The Bertz CT molecular complexity index is 857. The van der Waals surface area contributed by atoms with Crippen LogP contribution in [0, 0.1) is 10.5 Å². The quantitative estimate of drug-likeness (QED) is 0.216. The highest BCUT2D eigenvalue weighted by Gasteiger charge is 2.44. The summed E-state index contributed by atoms with van der Waals surface area (Å²) in [6.45, 7) is 6.63. The van der Waals surface area contributed by atoms with E-state index in [-0.39, 0.29) is 21.0 Å². The van der Waals surface area contributed by atoms with E-state index < -0.39 is 64.8 Å². The summed E-state index contributed by atoms with van der Waals surface area (Å²) < 4.78 is 17.0. The molecule has 0 saturated carbocycles. The Morgan fingerprint density at radius 1 is 1.00 bits per heavy atom. The van der Waals surface area contributed by atoms with Crippen LogP contribution in [0.4, 0.5) is 0 Å². The second-order valence-corrected chi connectivity index (χ2v) is 10.7. The summed E-state index contributed by atoms with van der Waals surface area (Å²) in [5, 5.41) is 60.6. The molecule has 0 bridgehead atoms. The van der Waals surface area contributed by atoms with Crippen molar-refractivity contribution < 1.29 is 49.6 Å². The third-order valence-corrected chi connectivity index (χ3v) is 8.62. The van der Waals surface area contributed by atoms with Gasteiger partial charge in [-0.15, -0.1) is 0 Å². The van der Waals surface area contributed by atoms with Crippen LogP contribution in [0.2, 0.25) is 0 Å². The summed E-state index contributed by atoms with van der Waals surface area (Å²) >= 11 is 2.65. The molecule has 12 heteroatoms. The van der Waals surface area contributed by atoms with Gasteiger partial charge in [0.05, 0.1) is 38.8 Å². The lowest BCUT2D eigenvalue weighted by molar-refractivity contribution is -0.268. The first kappa shape index (κ1) is 26.7. The van der Waals surface area contributed by atoms with E-state index in [1.165, 1.54) is 6.92 Å². The van der Waals surface area contributed by atoms with E-state index >= 15 is 0 Å². The van der Waals surface area contributed by atoms with Crippen LogP contribution in [0.3, 0.4) is 0 Å². The molecule has 10 nitrogen and oxygen atoms in total. The average Bonchev–Trinajstić information content (AvgIpc) is 2.74. The predicted molar refractivity (Wildman–Crippen MR) is 127 cm³/mol. The molecule has 0 amide bonds. The van der Waals surface area contributed by atoms with Crippen molar-refractivity contribution in [2.24, 2.45) is 0 Å². The zero-order chi connectivity index (χ0) is 24.8. The number of rotatable bonds is 4. The normalized spacial score (nSPS) is 37.1. The summed E-state index contributed by atoms with van der Waals surface area (Å²) in [4.78, 5) is 13.1. The lowest BCUT2D eigenvalue weighted by Crippen LogP contribution is -2.58. The molecule has 186 valence electrons. The molecule has 2 aliphatic heterocycles. The highest BCUT2D eigenvalue weighted by Crippen LogP contribution is 2.47. The molecular weight excluding hydrogens is 571 g/mol. The molecule has 0 spiro atoms. The molecule has 0 aliphatic carbocycles. The minimum atomic E-state index is -1.62. The SMILES string of the molecule is Cc1c(I)c(OC2OC(C)C(O)C(O)C2O)c(O)c(O)c1C(=O)SC1C(O)CC(C)OC1C. The number of ether oxygens (including phenoxy) is 3. The predicted octanol–water partition coefficient (Wildman–Crippen LogP) is 1.02. The van der Waals surface area contributed by atoms with Crippen LogP contribution >= 0.6 is 34.4 Å². The van der Waals surface area contributed by atoms with Crippen molar-refractivity contribution in [1.29, 1.82) is 0 Å². The van der Waals surface area contributed by atoms with Gasteiger partial charge in [0, 0.05) is 6.42 Å². The van der Waals surface area contributed by atoms with E-state index in [1.807, 2.05) is 29.5 Å². The topological polar surface area (TPSA) is 166 Å². The Morgan fingerprint density at radius 3 is 2.24 bits per heavy atom. The van der Waals surface area contributed by atoms with E-state index in [1.54, 1.807) is 13.8 Å². The standard InChI is InChI=1S/C21H29IO10S/c1-6-5-10(23)19(9(4)30-6)33-20(29)11-7(2)12(22)18(16(27)14(11)25)32-21-17(28)15(26)13(24)8(3)31-21/h6,8-10,13,15,17,19,21,23-28H,5H2,1-4H3. The molecule has 6 N–H and O–H groups in total. The largest absolute Gasteiger partial charge is 0.504 e. The second-order valence-electron chi connectivity index (χ2n) is 8.46. The number of aliphatic hydroxyl groups is 4. The summed E-state index contributed by atoms with van der Waals surface area (Å²) in [6.07, 6.45) is -7.74. The monoisotopic (exact) mass is 600 g/mol. The van der Waals surface area contributed by atoms with E-state index in [0.29, 0.717) is 12.0 Å². The minimum absolute atomic E-state index is 0.138. The van der Waals surface area contributed by atoms with Crippen LogP contribution in [0.15, 0.2) is 0 Å². The van der Waals surface area contributed by atoms with Crippen LogP contribution in [-0.4, -0.2) is 90.0 Å². The lowest BCUT2D eigenvalue weighted by Gasteiger charge is -2.39. The highest BCUT2D eigenvalue weighted by molar-refractivity contribution is 14.1. The third kappa shape index (κ3) is 5.22. The Morgan fingerprint density at radius 2 is 1.64 bits per heavy atom. The van der Waals surface area contributed by atoms with Gasteiger partial charge in [-0.05, 0) is 55.8 Å². The number of aromatic hydroxyl groups is 2. The molecule has 1 aromatic rings. The first-order chi connectivity index (χ1) is 15.3. The molecule has 3 rings (SSSR count). The van der Waals surface area contributed by atoms with E-state index in [4.69, 9.17) is 14.2 Å². The zero-order valence-electron chi connectivity index (χ0n) is 18.5. The maximum atomic E-state index is 13.1. The summed E-state index contributed by atoms with van der Waals surface area (Å²) in [5.74, 6) is -1.69. The second kappa shape index (κ2) is 10.4. The minimum Gasteiger partial charge on any atom is -0.504 e. The Labute approximate surface area is 209 Å². The first-order valence-electron chi connectivity index (χ1n) is 10.5. The summed E-state index contributed by atoms with van der Waals surface area (Å²) in [7, 11) is 0. The van der Waals surface area contributed by atoms with Gasteiger partial charge in [0.2, 0.25) is 17.2 Å². The molecule has 2 fully saturated rings. The molecule has 0 aromatic heterocycles. The van der Waals surface area contributed by atoms with Crippen molar-refractivity contribution in [2.75, 3.05) is 0 Å². The van der Waals surface area contributed by atoms with E-state index in [0.717, 1.165) is 11.8 Å². The van der Waals surface area contributed by atoms with E-state index in [2.05, 4.69) is 0 Å². The number of carbonyl (C=O) groups excluding carboxylic acids is 1. The number of phenols is 2. The molecule has 33 heavy (non-hydrogen) atoms. The number of thioether (sulfide) groups is 1. The number of phenolic OH excluding ortho intramolecular Hbond substituents is 2. The van der Waals surface area contributed by atoms with Crippen molar-refractivity contribution in [2.45, 2.75) is 88.4 Å². The van der Waals surface area contributed by atoms with Gasteiger partial charge in [0.1, 0.15) is 18.3 Å². The van der Waals surface area contributed by atoms with Gasteiger partial charge in [0.15, 0.2) is 11.5 Å². The lowest BCUT2D eigenvalue weighted by atomic mass is 10.00. The van der Waals surface area contributed by atoms with Gasteiger partial charge in [-0.1, -0.05) is 11.8 Å². The number of hydrogen-bond acceptors (Lipinski definition) is 11. The number of carbonyl (C=O) groups is 1. The number of aliphatic hydroxyl groups excluding tert-OH is 4. The summed E-state index contributed by atoms with van der Waals surface area (Å²) in [5.41, 5.74) is 0.172. The fraction of sp³-hybridized carbons (Fsp3) is 0.667. The molecule has 1 aromatic carbocycles. The van der Waals surface area contributed by atoms with Gasteiger partial charge >= 0.3 is 0 Å². The van der Waals surface area contributed by atoms with Crippen LogP contribution in [0.1, 0.15) is 43.1 Å². The van der Waals surface area contributed by atoms with Crippen molar-refractivity contribution >= 4 is 39.5 Å². The number of hydrogen-bond donors (Lipinski definition) is 6. The molecule has 0 radical (unpaired) electrons. The van der Waals surface area contributed by atoms with Gasteiger partial charge in [-0.2, -0.15) is 0 Å². The van der Waals surface area contributed by atoms with E-state index in [9.17, 15) is 35.4 Å². The van der Waals surface area contributed by atoms with Gasteiger partial charge in [-0.3, -0.25) is 4.79 Å². The first-order valence-corrected chi connectivity index (χ1v) is 12.5.